The first-order valence-electron chi connectivity index (χ1n) is 6.80. The molecule has 0 fully saturated rings. The Balaban J connectivity index is 1.92. The quantitative estimate of drug-likeness (QED) is 0.635. The number of anilines is 1. The maximum Gasteiger partial charge on any atom is 0.306 e. The molecule has 2 rings (SSSR count). The summed E-state index contributed by atoms with van der Waals surface area (Å²) in [5.41, 5.74) is 1.31. The molecule has 0 aromatic heterocycles. The van der Waals surface area contributed by atoms with Gasteiger partial charge in [-0.1, -0.05) is 37.3 Å². The minimum absolute atomic E-state index is 0.383. The highest BCUT2D eigenvalue weighted by Gasteiger charge is 2.14. The van der Waals surface area contributed by atoms with Crippen molar-refractivity contribution in [3.05, 3.63) is 70.0 Å². The summed E-state index contributed by atoms with van der Waals surface area (Å²) in [4.78, 5) is 9.96. The molecule has 5 heteroatoms. The van der Waals surface area contributed by atoms with Gasteiger partial charge in [-0.2, -0.15) is 4.39 Å². The van der Waals surface area contributed by atoms with Gasteiger partial charge in [0.05, 0.1) is 4.92 Å². The van der Waals surface area contributed by atoms with Crippen molar-refractivity contribution >= 4 is 11.4 Å². The molecule has 1 atom stereocenters. The minimum atomic E-state index is -0.816. The van der Waals surface area contributed by atoms with Crippen LogP contribution in [0.4, 0.5) is 15.8 Å². The second-order valence-electron chi connectivity index (χ2n) is 4.95. The first kappa shape index (κ1) is 15.0. The molecule has 1 N–H and O–H groups in total. The fraction of sp³-hybridized carbons (Fsp3) is 0.250. The zero-order chi connectivity index (χ0) is 15.2. The van der Waals surface area contributed by atoms with Crippen LogP contribution >= 0.6 is 0 Å². The molecule has 0 bridgehead atoms. The van der Waals surface area contributed by atoms with E-state index in [4.69, 9.17) is 0 Å². The van der Waals surface area contributed by atoms with Crippen LogP contribution < -0.4 is 5.32 Å². The van der Waals surface area contributed by atoms with Crippen molar-refractivity contribution in [2.24, 2.45) is 0 Å². The fourth-order valence-corrected chi connectivity index (χ4v) is 2.14. The van der Waals surface area contributed by atoms with Crippen molar-refractivity contribution in [1.29, 1.82) is 0 Å². The summed E-state index contributed by atoms with van der Waals surface area (Å²) in [6.07, 6.45) is 0.884. The molecule has 110 valence electrons. The highest BCUT2D eigenvalue weighted by atomic mass is 19.1. The maximum atomic E-state index is 13.2. The minimum Gasteiger partial charge on any atom is -0.385 e. The van der Waals surface area contributed by atoms with E-state index in [1.54, 1.807) is 0 Å². The first-order chi connectivity index (χ1) is 10.1. The van der Waals surface area contributed by atoms with Gasteiger partial charge in [0.25, 0.3) is 0 Å². The summed E-state index contributed by atoms with van der Waals surface area (Å²) in [5.74, 6) is -0.433. The third kappa shape index (κ3) is 4.02. The van der Waals surface area contributed by atoms with E-state index in [1.807, 2.05) is 18.2 Å². The molecule has 0 aliphatic carbocycles. The van der Waals surface area contributed by atoms with E-state index in [2.05, 4.69) is 24.4 Å². The number of nitrogens with zero attached hydrogens (tertiary/aromatic N) is 1. The number of hydrogen-bond acceptors (Lipinski definition) is 3. The SMILES string of the molecule is CC(CCNc1ccc(F)c([N+](=O)[O-])c1)c1ccccc1. The van der Waals surface area contributed by atoms with Crippen molar-refractivity contribution in [3.8, 4) is 0 Å². The van der Waals surface area contributed by atoms with Gasteiger partial charge in [0, 0.05) is 18.3 Å². The normalized spacial score (nSPS) is 11.9. The summed E-state index contributed by atoms with van der Waals surface area (Å²) < 4.78 is 13.2. The topological polar surface area (TPSA) is 55.2 Å². The summed E-state index contributed by atoms with van der Waals surface area (Å²) in [7, 11) is 0. The lowest BCUT2D eigenvalue weighted by molar-refractivity contribution is -0.387. The zero-order valence-corrected chi connectivity index (χ0v) is 11.8. The highest BCUT2D eigenvalue weighted by molar-refractivity contribution is 5.51. The molecule has 0 amide bonds. The largest absolute Gasteiger partial charge is 0.385 e. The summed E-state index contributed by atoms with van der Waals surface area (Å²) in [6.45, 7) is 2.79. The van der Waals surface area contributed by atoms with Gasteiger partial charge in [-0.15, -0.1) is 0 Å². The smallest absolute Gasteiger partial charge is 0.306 e. The lowest BCUT2D eigenvalue weighted by Gasteiger charge is -2.13. The molecule has 1 unspecified atom stereocenters. The van der Waals surface area contributed by atoms with Crippen LogP contribution in [0.3, 0.4) is 0 Å². The summed E-state index contributed by atoms with van der Waals surface area (Å²) in [6, 6.07) is 14.0. The van der Waals surface area contributed by atoms with E-state index in [-0.39, 0.29) is 0 Å². The molecule has 4 nitrogen and oxygen atoms in total. The van der Waals surface area contributed by atoms with Gasteiger partial charge >= 0.3 is 5.69 Å². The van der Waals surface area contributed by atoms with E-state index >= 15 is 0 Å². The van der Waals surface area contributed by atoms with Gasteiger partial charge < -0.3 is 5.32 Å². The van der Waals surface area contributed by atoms with E-state index < -0.39 is 16.4 Å². The Morgan fingerprint density at radius 3 is 2.62 bits per heavy atom. The summed E-state index contributed by atoms with van der Waals surface area (Å²) in [5, 5.41) is 13.8. The second-order valence-corrected chi connectivity index (χ2v) is 4.95. The molecule has 0 aliphatic rings. The molecule has 0 aliphatic heterocycles. The lowest BCUT2D eigenvalue weighted by atomic mass is 9.98. The van der Waals surface area contributed by atoms with Gasteiger partial charge in [-0.05, 0) is 30.0 Å². The van der Waals surface area contributed by atoms with Crippen LogP contribution in [0, 0.1) is 15.9 Å². The molecule has 0 saturated carbocycles. The van der Waals surface area contributed by atoms with Gasteiger partial charge in [-0.3, -0.25) is 10.1 Å². The number of nitrogens with one attached hydrogen (secondary N) is 1. The monoisotopic (exact) mass is 288 g/mol. The molecule has 0 saturated heterocycles. The Hall–Kier alpha value is -2.43. The second kappa shape index (κ2) is 6.83. The van der Waals surface area contributed by atoms with Gasteiger partial charge in [-0.25, -0.2) is 0 Å². The maximum absolute atomic E-state index is 13.2. The third-order valence-electron chi connectivity index (χ3n) is 3.42. The van der Waals surface area contributed by atoms with Crippen LogP contribution in [-0.4, -0.2) is 11.5 Å². The van der Waals surface area contributed by atoms with Crippen LogP contribution in [0.15, 0.2) is 48.5 Å². The molecular weight excluding hydrogens is 271 g/mol. The lowest BCUT2D eigenvalue weighted by Crippen LogP contribution is -2.06. The van der Waals surface area contributed by atoms with E-state index in [9.17, 15) is 14.5 Å². The molecule has 0 spiro atoms. The molecule has 2 aromatic rings. The van der Waals surface area contributed by atoms with Crippen LogP contribution in [-0.2, 0) is 0 Å². The van der Waals surface area contributed by atoms with Crippen LogP contribution in [0.2, 0.25) is 0 Å². The average molecular weight is 288 g/mol. The van der Waals surface area contributed by atoms with Crippen molar-refractivity contribution in [2.75, 3.05) is 11.9 Å². The highest BCUT2D eigenvalue weighted by Crippen LogP contribution is 2.23. The van der Waals surface area contributed by atoms with E-state index in [0.717, 1.165) is 12.5 Å². The Labute approximate surface area is 122 Å². The molecule has 2 aromatic carbocycles. The standard InChI is InChI=1S/C16H17FN2O2/c1-12(13-5-3-2-4-6-13)9-10-18-14-7-8-15(17)16(11-14)19(20)21/h2-8,11-12,18H,9-10H2,1H3. The Morgan fingerprint density at radius 2 is 1.95 bits per heavy atom. The van der Waals surface area contributed by atoms with Crippen molar-refractivity contribution in [3.63, 3.8) is 0 Å². The zero-order valence-electron chi connectivity index (χ0n) is 11.8. The number of halogens is 1. The van der Waals surface area contributed by atoms with Crippen molar-refractivity contribution < 1.29 is 9.31 Å². The van der Waals surface area contributed by atoms with Crippen molar-refractivity contribution in [1.82, 2.24) is 0 Å². The molecule has 0 radical (unpaired) electrons. The number of hydrogen-bond donors (Lipinski definition) is 1. The Morgan fingerprint density at radius 1 is 1.24 bits per heavy atom. The van der Waals surface area contributed by atoms with Gasteiger partial charge in [0.1, 0.15) is 0 Å². The van der Waals surface area contributed by atoms with Crippen LogP contribution in [0.1, 0.15) is 24.8 Å². The Kier molecular flexibility index (Phi) is 4.87. The van der Waals surface area contributed by atoms with Gasteiger partial charge in [0.15, 0.2) is 0 Å². The number of benzene rings is 2. The molecule has 21 heavy (non-hydrogen) atoms. The van der Waals surface area contributed by atoms with Gasteiger partial charge in [0.2, 0.25) is 5.82 Å². The van der Waals surface area contributed by atoms with E-state index in [1.165, 1.54) is 17.7 Å². The fourth-order valence-electron chi connectivity index (χ4n) is 2.14. The number of nitro groups is 1. The average Bonchev–Trinajstić information content (AvgIpc) is 2.49. The van der Waals surface area contributed by atoms with Crippen LogP contribution in [0.5, 0.6) is 0 Å². The first-order valence-corrected chi connectivity index (χ1v) is 6.80. The molecule has 0 heterocycles. The summed E-state index contributed by atoms with van der Waals surface area (Å²) >= 11 is 0. The predicted octanol–water partition coefficient (Wildman–Crippen LogP) is 4.34. The van der Waals surface area contributed by atoms with E-state index in [0.29, 0.717) is 18.2 Å². The Bertz CT molecular complexity index is 617. The van der Waals surface area contributed by atoms with Crippen molar-refractivity contribution in [2.45, 2.75) is 19.3 Å². The van der Waals surface area contributed by atoms with Crippen LogP contribution in [0.25, 0.3) is 0 Å². The molecular formula is C16H17FN2O2. The number of nitro benzene ring substituents is 1. The predicted molar refractivity (Wildman–Crippen MR) is 81.0 cm³/mol. The number of rotatable bonds is 6. The third-order valence-corrected chi connectivity index (χ3v) is 3.42.